The van der Waals surface area contributed by atoms with Crippen LogP contribution in [-0.4, -0.2) is 55.7 Å². The zero-order valence-corrected chi connectivity index (χ0v) is 17.6. The second-order valence-corrected chi connectivity index (χ2v) is 7.62. The third-order valence-electron chi connectivity index (χ3n) is 5.43. The van der Waals surface area contributed by atoms with E-state index < -0.39 is 27.3 Å². The number of nitro groups is 2. The Kier molecular flexibility index (Phi) is 6.15. The minimum absolute atomic E-state index is 0.0330. The second-order valence-electron chi connectivity index (χ2n) is 7.62. The van der Waals surface area contributed by atoms with Gasteiger partial charge in [0.2, 0.25) is 0 Å². The fourth-order valence-corrected chi connectivity index (χ4v) is 3.68. The zero-order chi connectivity index (χ0) is 24.5. The van der Waals surface area contributed by atoms with Gasteiger partial charge in [-0.15, -0.1) is 5.10 Å². The highest BCUT2D eigenvalue weighted by atomic mass is 19.4. The number of rotatable bonds is 6. The molecule has 0 aliphatic carbocycles. The van der Waals surface area contributed by atoms with Crippen molar-refractivity contribution < 1.29 is 23.0 Å². The van der Waals surface area contributed by atoms with Gasteiger partial charge in [-0.05, 0) is 24.3 Å². The van der Waals surface area contributed by atoms with Gasteiger partial charge in [0.25, 0.3) is 11.4 Å². The standard InChI is InChI=1S/C20H18F3N7O4/c21-20(22,23)15-3-6-17(18(11-15)30(33)34)27-9-7-26(8-10-27)13-28-12-24-19(25-28)14-1-4-16(5-2-14)29(31)32/h1-6,11-12H,7-10,13H2. The van der Waals surface area contributed by atoms with E-state index in [2.05, 4.69) is 10.1 Å². The number of halogens is 3. The number of nitro benzene ring substituents is 2. The molecule has 178 valence electrons. The Hall–Kier alpha value is -4.07. The molecular formula is C20H18F3N7O4. The molecule has 11 nitrogen and oxygen atoms in total. The molecule has 34 heavy (non-hydrogen) atoms. The lowest BCUT2D eigenvalue weighted by molar-refractivity contribution is -0.384. The van der Waals surface area contributed by atoms with E-state index in [1.54, 1.807) is 21.7 Å². The Balaban J connectivity index is 1.39. The maximum Gasteiger partial charge on any atom is 0.416 e. The molecule has 0 atom stereocenters. The summed E-state index contributed by atoms with van der Waals surface area (Å²) in [5.74, 6) is 0.411. The van der Waals surface area contributed by atoms with E-state index in [1.165, 1.54) is 18.5 Å². The van der Waals surface area contributed by atoms with Gasteiger partial charge < -0.3 is 4.90 Å². The van der Waals surface area contributed by atoms with Crippen molar-refractivity contribution in [1.82, 2.24) is 19.7 Å². The van der Waals surface area contributed by atoms with E-state index >= 15 is 0 Å². The fourth-order valence-electron chi connectivity index (χ4n) is 3.68. The number of hydrogen-bond donors (Lipinski definition) is 0. The molecule has 0 amide bonds. The Labute approximate surface area is 190 Å². The summed E-state index contributed by atoms with van der Waals surface area (Å²) >= 11 is 0. The lowest BCUT2D eigenvalue weighted by Gasteiger charge is -2.35. The number of benzene rings is 2. The highest BCUT2D eigenvalue weighted by Crippen LogP contribution is 2.36. The number of nitrogens with zero attached hydrogens (tertiary/aromatic N) is 7. The van der Waals surface area contributed by atoms with E-state index in [1.807, 2.05) is 4.90 Å². The largest absolute Gasteiger partial charge is 0.416 e. The molecule has 1 aliphatic rings. The summed E-state index contributed by atoms with van der Waals surface area (Å²) in [6.45, 7) is 2.17. The van der Waals surface area contributed by atoms with Gasteiger partial charge in [-0.2, -0.15) is 13.2 Å². The maximum absolute atomic E-state index is 12.9. The average Bonchev–Trinajstić information content (AvgIpc) is 3.27. The van der Waals surface area contributed by atoms with E-state index in [9.17, 15) is 33.4 Å². The molecule has 1 aliphatic heterocycles. The number of piperazine rings is 1. The van der Waals surface area contributed by atoms with Crippen molar-refractivity contribution in [3.8, 4) is 11.4 Å². The van der Waals surface area contributed by atoms with E-state index in [-0.39, 0.29) is 11.4 Å². The number of alkyl halides is 3. The summed E-state index contributed by atoms with van der Waals surface area (Å²) in [5.41, 5.74) is -0.888. The molecule has 2 aromatic carbocycles. The SMILES string of the molecule is O=[N+]([O-])c1ccc(-c2ncn(CN3CCN(c4ccc(C(F)(F)F)cc4[N+](=O)[O-])CC3)n2)cc1. The van der Waals surface area contributed by atoms with Crippen LogP contribution in [0.1, 0.15) is 5.56 Å². The number of aromatic nitrogens is 3. The molecule has 1 aromatic heterocycles. The minimum atomic E-state index is -4.66. The monoisotopic (exact) mass is 477 g/mol. The van der Waals surface area contributed by atoms with E-state index in [0.717, 1.165) is 12.1 Å². The van der Waals surface area contributed by atoms with E-state index in [4.69, 9.17) is 0 Å². The van der Waals surface area contributed by atoms with Crippen LogP contribution in [0.2, 0.25) is 0 Å². The van der Waals surface area contributed by atoms with Crippen LogP contribution in [0.4, 0.5) is 30.2 Å². The lowest BCUT2D eigenvalue weighted by atomic mass is 10.1. The third-order valence-corrected chi connectivity index (χ3v) is 5.43. The minimum Gasteiger partial charge on any atom is -0.363 e. The van der Waals surface area contributed by atoms with Crippen molar-refractivity contribution in [3.63, 3.8) is 0 Å². The first-order valence-corrected chi connectivity index (χ1v) is 10.1. The molecule has 14 heteroatoms. The van der Waals surface area contributed by atoms with Gasteiger partial charge >= 0.3 is 6.18 Å². The van der Waals surface area contributed by atoms with Crippen LogP contribution < -0.4 is 4.90 Å². The van der Waals surface area contributed by atoms with Gasteiger partial charge in [0.1, 0.15) is 12.0 Å². The Morgan fingerprint density at radius 1 is 0.941 bits per heavy atom. The summed E-state index contributed by atoms with van der Waals surface area (Å²) in [7, 11) is 0. The third kappa shape index (κ3) is 4.96. The molecule has 3 aromatic rings. The van der Waals surface area contributed by atoms with Gasteiger partial charge in [-0.3, -0.25) is 25.1 Å². The Morgan fingerprint density at radius 2 is 1.62 bits per heavy atom. The average molecular weight is 477 g/mol. The molecule has 0 spiro atoms. The molecule has 4 rings (SSSR count). The van der Waals surface area contributed by atoms with Gasteiger partial charge in [0.05, 0.1) is 22.1 Å². The topological polar surface area (TPSA) is 123 Å². The Morgan fingerprint density at radius 3 is 2.21 bits per heavy atom. The number of anilines is 1. The smallest absolute Gasteiger partial charge is 0.363 e. The van der Waals surface area contributed by atoms with Crippen LogP contribution in [0, 0.1) is 20.2 Å². The van der Waals surface area contributed by atoms with Crippen molar-refractivity contribution >= 4 is 17.1 Å². The molecular weight excluding hydrogens is 459 g/mol. The quantitative estimate of drug-likeness (QED) is 0.390. The van der Waals surface area contributed by atoms with Crippen LogP contribution in [0.15, 0.2) is 48.8 Å². The molecule has 0 radical (unpaired) electrons. The summed E-state index contributed by atoms with van der Waals surface area (Å²) in [6, 6.07) is 8.43. The van der Waals surface area contributed by atoms with Crippen molar-refractivity contribution in [2.24, 2.45) is 0 Å². The second kappa shape index (κ2) is 9.05. The molecule has 1 saturated heterocycles. The van der Waals surface area contributed by atoms with Crippen molar-refractivity contribution in [3.05, 3.63) is 74.6 Å². The fraction of sp³-hybridized carbons (Fsp3) is 0.300. The van der Waals surface area contributed by atoms with E-state index in [0.29, 0.717) is 50.3 Å². The van der Waals surface area contributed by atoms with Crippen LogP contribution >= 0.6 is 0 Å². The first-order valence-electron chi connectivity index (χ1n) is 10.1. The summed E-state index contributed by atoms with van der Waals surface area (Å²) in [4.78, 5) is 28.8. The van der Waals surface area contributed by atoms with Gasteiger partial charge in [-0.1, -0.05) is 0 Å². The first-order chi connectivity index (χ1) is 16.1. The van der Waals surface area contributed by atoms with Crippen LogP contribution in [0.25, 0.3) is 11.4 Å². The highest BCUT2D eigenvalue weighted by Gasteiger charge is 2.34. The highest BCUT2D eigenvalue weighted by molar-refractivity contribution is 5.65. The van der Waals surface area contributed by atoms with Crippen LogP contribution in [0.3, 0.4) is 0 Å². The van der Waals surface area contributed by atoms with Crippen molar-refractivity contribution in [1.29, 1.82) is 0 Å². The summed E-state index contributed by atoms with van der Waals surface area (Å²) < 4.78 is 40.4. The first kappa shape index (κ1) is 23.1. The molecule has 2 heterocycles. The van der Waals surface area contributed by atoms with Crippen LogP contribution in [0.5, 0.6) is 0 Å². The molecule has 1 fully saturated rings. The normalized spacial score (nSPS) is 14.9. The van der Waals surface area contributed by atoms with Crippen molar-refractivity contribution in [2.45, 2.75) is 12.8 Å². The van der Waals surface area contributed by atoms with Crippen LogP contribution in [-0.2, 0) is 12.8 Å². The van der Waals surface area contributed by atoms with Gasteiger partial charge in [-0.25, -0.2) is 9.67 Å². The molecule has 0 N–H and O–H groups in total. The van der Waals surface area contributed by atoms with Gasteiger partial charge in [0.15, 0.2) is 5.82 Å². The molecule has 0 saturated carbocycles. The predicted octanol–water partition coefficient (Wildman–Crippen LogP) is 3.56. The van der Waals surface area contributed by atoms with Gasteiger partial charge in [0, 0.05) is 49.9 Å². The summed E-state index contributed by atoms with van der Waals surface area (Å²) in [6.07, 6.45) is -3.13. The zero-order valence-electron chi connectivity index (χ0n) is 17.6. The number of non-ortho nitro benzene ring substituents is 1. The lowest BCUT2D eigenvalue weighted by Crippen LogP contribution is -2.47. The summed E-state index contributed by atoms with van der Waals surface area (Å²) in [5, 5.41) is 26.5. The predicted molar refractivity (Wildman–Crippen MR) is 114 cm³/mol. The molecule has 0 unspecified atom stereocenters. The van der Waals surface area contributed by atoms with Crippen molar-refractivity contribution in [2.75, 3.05) is 31.1 Å². The molecule has 0 bridgehead atoms. The number of hydrogen-bond acceptors (Lipinski definition) is 8. The maximum atomic E-state index is 12.9. The Bertz CT molecular complexity index is 1210.